The lowest BCUT2D eigenvalue weighted by Gasteiger charge is -2.21. The van der Waals surface area contributed by atoms with Crippen LogP contribution < -0.4 is 5.32 Å². The first-order chi connectivity index (χ1) is 9.54. The van der Waals surface area contributed by atoms with Gasteiger partial charge >= 0.3 is 0 Å². The molecule has 1 unspecified atom stereocenters. The fourth-order valence-electron chi connectivity index (χ4n) is 2.12. The summed E-state index contributed by atoms with van der Waals surface area (Å²) < 4.78 is 16.1. The molecule has 0 saturated heterocycles. The molecule has 108 valence electrons. The average molecular weight is 361 g/mol. The number of aryl methyl sites for hydroxylation is 1. The van der Waals surface area contributed by atoms with Gasteiger partial charge in [0.25, 0.3) is 0 Å². The summed E-state index contributed by atoms with van der Waals surface area (Å²) >= 11 is 9.71. The van der Waals surface area contributed by atoms with Gasteiger partial charge in [-0.25, -0.2) is 4.39 Å². The summed E-state index contributed by atoms with van der Waals surface area (Å²) in [5, 5.41) is 8.12. The highest BCUT2D eigenvalue weighted by atomic mass is 79.9. The first-order valence-corrected chi connectivity index (χ1v) is 7.57. The fraction of sp³-hybridized carbons (Fsp3) is 0.357. The van der Waals surface area contributed by atoms with E-state index in [0.29, 0.717) is 5.02 Å². The molecule has 0 bridgehead atoms. The van der Waals surface area contributed by atoms with Crippen LogP contribution in [-0.4, -0.2) is 16.3 Å². The highest BCUT2D eigenvalue weighted by Crippen LogP contribution is 2.32. The molecule has 1 N–H and O–H groups in total. The van der Waals surface area contributed by atoms with Gasteiger partial charge < -0.3 is 5.32 Å². The van der Waals surface area contributed by atoms with Gasteiger partial charge in [-0.3, -0.25) is 4.68 Å². The number of nitrogens with one attached hydrogen (secondary N) is 1. The van der Waals surface area contributed by atoms with Crippen LogP contribution in [0.5, 0.6) is 0 Å². The van der Waals surface area contributed by atoms with Crippen molar-refractivity contribution in [3.63, 3.8) is 0 Å². The van der Waals surface area contributed by atoms with E-state index in [2.05, 4.69) is 33.3 Å². The molecule has 0 aliphatic rings. The molecule has 0 saturated carbocycles. The smallest absolute Gasteiger partial charge is 0.123 e. The topological polar surface area (TPSA) is 29.9 Å². The molecular weight excluding hydrogens is 345 g/mol. The maximum Gasteiger partial charge on any atom is 0.123 e. The van der Waals surface area contributed by atoms with Gasteiger partial charge in [0.05, 0.1) is 23.0 Å². The van der Waals surface area contributed by atoms with Crippen molar-refractivity contribution < 1.29 is 4.39 Å². The summed E-state index contributed by atoms with van der Waals surface area (Å²) in [6, 6.07) is 4.44. The maximum atomic E-state index is 13.6. The summed E-state index contributed by atoms with van der Waals surface area (Å²) in [6.07, 6.45) is 2.57. The standard InChI is InChI=1S/C14H16BrClFN3/c1-3-6-18-13(14-12(16)8-19-20(14)2)10-7-9(17)4-5-11(10)15/h4-5,7-8,13,18H,3,6H2,1-2H3. The molecule has 1 aromatic carbocycles. The Morgan fingerprint density at radius 3 is 2.85 bits per heavy atom. The Morgan fingerprint density at radius 2 is 2.25 bits per heavy atom. The molecule has 6 heteroatoms. The summed E-state index contributed by atoms with van der Waals surface area (Å²) in [5.41, 5.74) is 1.63. The molecule has 3 nitrogen and oxygen atoms in total. The Balaban J connectivity index is 2.50. The third-order valence-corrected chi connectivity index (χ3v) is 4.09. The average Bonchev–Trinajstić information content (AvgIpc) is 2.74. The first-order valence-electron chi connectivity index (χ1n) is 6.40. The van der Waals surface area contributed by atoms with E-state index in [1.165, 1.54) is 12.1 Å². The highest BCUT2D eigenvalue weighted by Gasteiger charge is 2.22. The van der Waals surface area contributed by atoms with E-state index in [4.69, 9.17) is 11.6 Å². The van der Waals surface area contributed by atoms with Gasteiger partial charge in [-0.2, -0.15) is 5.10 Å². The molecule has 1 atom stereocenters. The molecule has 1 aromatic heterocycles. The van der Waals surface area contributed by atoms with Crippen LogP contribution in [0.2, 0.25) is 5.02 Å². The lowest BCUT2D eigenvalue weighted by molar-refractivity contribution is 0.546. The zero-order valence-corrected chi connectivity index (χ0v) is 13.7. The van der Waals surface area contributed by atoms with Crippen LogP contribution in [-0.2, 0) is 7.05 Å². The second-order valence-corrected chi connectivity index (χ2v) is 5.82. The van der Waals surface area contributed by atoms with Crippen LogP contribution >= 0.6 is 27.5 Å². The molecule has 1 heterocycles. The Morgan fingerprint density at radius 1 is 1.50 bits per heavy atom. The van der Waals surface area contributed by atoms with Gasteiger partial charge in [-0.05, 0) is 36.7 Å². The van der Waals surface area contributed by atoms with Crippen LogP contribution in [0.4, 0.5) is 4.39 Å². The molecular formula is C14H16BrClFN3. The number of halogens is 3. The summed E-state index contributed by atoms with van der Waals surface area (Å²) in [5.74, 6) is -0.273. The number of aromatic nitrogens is 2. The molecule has 0 radical (unpaired) electrons. The number of nitrogens with zero attached hydrogens (tertiary/aromatic N) is 2. The van der Waals surface area contributed by atoms with Gasteiger partial charge in [-0.1, -0.05) is 34.5 Å². The predicted molar refractivity (Wildman–Crippen MR) is 82.5 cm³/mol. The minimum Gasteiger partial charge on any atom is -0.305 e. The van der Waals surface area contributed by atoms with E-state index in [1.807, 2.05) is 7.05 Å². The maximum absolute atomic E-state index is 13.6. The summed E-state index contributed by atoms with van der Waals surface area (Å²) in [7, 11) is 1.83. The SMILES string of the molecule is CCCNC(c1cc(F)ccc1Br)c1c(Cl)cnn1C. The number of rotatable bonds is 5. The number of hydrogen-bond acceptors (Lipinski definition) is 2. The quantitative estimate of drug-likeness (QED) is 0.871. The van der Waals surface area contributed by atoms with Crippen molar-refractivity contribution >= 4 is 27.5 Å². The van der Waals surface area contributed by atoms with Crippen molar-refractivity contribution in [3.05, 3.63) is 51.0 Å². The fourth-order valence-corrected chi connectivity index (χ4v) is 2.87. The Hall–Kier alpha value is -0.910. The zero-order chi connectivity index (χ0) is 14.7. The number of hydrogen-bond donors (Lipinski definition) is 1. The van der Waals surface area contributed by atoms with Gasteiger partial charge in [0.15, 0.2) is 0 Å². The molecule has 0 aliphatic carbocycles. The third kappa shape index (κ3) is 3.22. The van der Waals surface area contributed by atoms with Crippen molar-refractivity contribution in [2.45, 2.75) is 19.4 Å². The van der Waals surface area contributed by atoms with Crippen LogP contribution in [0.15, 0.2) is 28.9 Å². The molecule has 20 heavy (non-hydrogen) atoms. The first kappa shape index (κ1) is 15.5. The van der Waals surface area contributed by atoms with E-state index in [9.17, 15) is 4.39 Å². The Labute approximate surface area is 131 Å². The molecule has 2 aromatic rings. The normalized spacial score (nSPS) is 12.7. The summed E-state index contributed by atoms with van der Waals surface area (Å²) in [6.45, 7) is 2.88. The largest absolute Gasteiger partial charge is 0.305 e. The molecule has 0 spiro atoms. The molecule has 0 amide bonds. The van der Waals surface area contributed by atoms with E-state index in [-0.39, 0.29) is 11.9 Å². The van der Waals surface area contributed by atoms with Crippen molar-refractivity contribution in [2.24, 2.45) is 7.05 Å². The summed E-state index contributed by atoms with van der Waals surface area (Å²) in [4.78, 5) is 0. The van der Waals surface area contributed by atoms with E-state index >= 15 is 0 Å². The van der Waals surface area contributed by atoms with Crippen molar-refractivity contribution in [1.82, 2.24) is 15.1 Å². The lowest BCUT2D eigenvalue weighted by atomic mass is 10.0. The van der Waals surface area contributed by atoms with Crippen LogP contribution in [0, 0.1) is 5.82 Å². The molecule has 0 fully saturated rings. The monoisotopic (exact) mass is 359 g/mol. The predicted octanol–water partition coefficient (Wildman–Crippen LogP) is 4.06. The van der Waals surface area contributed by atoms with Crippen LogP contribution in [0.25, 0.3) is 0 Å². The highest BCUT2D eigenvalue weighted by molar-refractivity contribution is 9.10. The van der Waals surface area contributed by atoms with Crippen molar-refractivity contribution in [2.75, 3.05) is 6.54 Å². The van der Waals surface area contributed by atoms with Crippen molar-refractivity contribution in [3.8, 4) is 0 Å². The van der Waals surface area contributed by atoms with Gasteiger partial charge in [-0.15, -0.1) is 0 Å². The van der Waals surface area contributed by atoms with E-state index in [1.54, 1.807) is 16.9 Å². The van der Waals surface area contributed by atoms with Crippen LogP contribution in [0.1, 0.15) is 30.6 Å². The second kappa shape index (κ2) is 6.70. The Bertz CT molecular complexity index is 581. The van der Waals surface area contributed by atoms with Gasteiger partial charge in [0.2, 0.25) is 0 Å². The van der Waals surface area contributed by atoms with Gasteiger partial charge in [0, 0.05) is 11.5 Å². The number of benzene rings is 1. The van der Waals surface area contributed by atoms with Gasteiger partial charge in [0.1, 0.15) is 5.82 Å². The van der Waals surface area contributed by atoms with E-state index in [0.717, 1.165) is 28.7 Å². The Kier molecular flexibility index (Phi) is 5.18. The third-order valence-electron chi connectivity index (χ3n) is 3.08. The van der Waals surface area contributed by atoms with Crippen molar-refractivity contribution in [1.29, 1.82) is 0 Å². The minimum absolute atomic E-state index is 0.208. The van der Waals surface area contributed by atoms with E-state index < -0.39 is 0 Å². The minimum atomic E-state index is -0.273. The van der Waals surface area contributed by atoms with Crippen LogP contribution in [0.3, 0.4) is 0 Å². The molecule has 2 rings (SSSR count). The second-order valence-electron chi connectivity index (χ2n) is 4.55. The zero-order valence-electron chi connectivity index (χ0n) is 11.3. The lowest BCUT2D eigenvalue weighted by Crippen LogP contribution is -2.26. The molecule has 0 aliphatic heterocycles.